The number of carbonyl (C=O) groups is 1. The molecular weight excluding hydrogens is 888 g/mol. The lowest BCUT2D eigenvalue weighted by atomic mass is 9.58. The molecule has 2 N–H and O–H groups in total. The van der Waals surface area contributed by atoms with Gasteiger partial charge in [-0.05, 0) is 62.8 Å². The molecule has 188 valence electrons. The third kappa shape index (κ3) is 4.29. The van der Waals surface area contributed by atoms with Crippen LogP contribution in [0.3, 0.4) is 0 Å². The van der Waals surface area contributed by atoms with E-state index in [1.165, 1.54) is 0 Å². The van der Waals surface area contributed by atoms with E-state index in [-0.39, 0.29) is 29.5 Å². The molecule has 0 saturated heterocycles. The molecule has 9 heteroatoms. The average Bonchev–Trinajstić information content (AvgIpc) is 3.50. The summed E-state index contributed by atoms with van der Waals surface area (Å²) in [5, 5.41) is 22.9. The van der Waals surface area contributed by atoms with Crippen LogP contribution in [0.15, 0.2) is 45.6 Å². The first-order valence-corrected chi connectivity index (χ1v) is 15.7. The summed E-state index contributed by atoms with van der Waals surface area (Å²) in [6.07, 6.45) is 3.12. The van der Waals surface area contributed by atoms with E-state index in [0.717, 1.165) is 0 Å². The third-order valence-electron chi connectivity index (χ3n) is 8.24. The maximum Gasteiger partial charge on any atom is 0.139 e. The largest absolute Gasteiger partial charge is 0.468 e. The van der Waals surface area contributed by atoms with Crippen molar-refractivity contribution >= 4 is 96.1 Å². The molecule has 2 aliphatic rings. The molecule has 0 amide bonds. The van der Waals surface area contributed by atoms with Crippen molar-refractivity contribution in [3.8, 4) is 0 Å². The summed E-state index contributed by atoms with van der Waals surface area (Å²) in [6.45, 7) is 8.20. The van der Waals surface area contributed by atoms with E-state index in [1.54, 1.807) is 12.5 Å². The number of alkyl halides is 4. The van der Waals surface area contributed by atoms with Crippen LogP contribution in [0, 0.1) is 23.7 Å². The van der Waals surface area contributed by atoms with Gasteiger partial charge in [-0.2, -0.15) is 0 Å². The van der Waals surface area contributed by atoms with Crippen molar-refractivity contribution in [1.82, 2.24) is 0 Å². The zero-order valence-electron chi connectivity index (χ0n) is 19.5. The maximum absolute atomic E-state index is 14.4. The molecule has 2 aliphatic carbocycles. The summed E-state index contributed by atoms with van der Waals surface area (Å²) < 4.78 is 9.18. The van der Waals surface area contributed by atoms with E-state index < -0.39 is 25.9 Å². The Morgan fingerprint density at radius 3 is 1.47 bits per heavy atom. The van der Waals surface area contributed by atoms with Gasteiger partial charge in [0, 0.05) is 18.7 Å². The zero-order chi connectivity index (χ0) is 25.3. The van der Waals surface area contributed by atoms with Gasteiger partial charge in [0.1, 0.15) is 24.1 Å². The molecule has 0 aliphatic heterocycles. The molecule has 4 rings (SSSR count). The first-order valence-electron chi connectivity index (χ1n) is 11.4. The summed E-state index contributed by atoms with van der Waals surface area (Å²) in [7, 11) is 0. The van der Waals surface area contributed by atoms with Crippen LogP contribution in [0.25, 0.3) is 0 Å². The van der Waals surface area contributed by atoms with Crippen LogP contribution in [-0.4, -0.2) is 35.0 Å². The van der Waals surface area contributed by atoms with Crippen molar-refractivity contribution in [2.24, 2.45) is 23.7 Å². The molecule has 10 unspecified atom stereocenters. The second-order valence-electron chi connectivity index (χ2n) is 10.5. The number of hydrogen-bond acceptors (Lipinski definition) is 5. The van der Waals surface area contributed by atoms with Gasteiger partial charge in [0.2, 0.25) is 0 Å². The Labute approximate surface area is 255 Å². The number of hydrogen-bond donors (Lipinski definition) is 2. The Balaban J connectivity index is 1.75. The SMILES string of the molecule is CC1C(C(=O)C2CC(C)(I)C(O)C(I)(c3ccco3)C2C)CC(C)(I)C(O)C1(I)c1ccco1. The molecule has 0 aromatic carbocycles. The van der Waals surface area contributed by atoms with Crippen LogP contribution in [0.2, 0.25) is 0 Å². The molecule has 2 heterocycles. The predicted octanol–water partition coefficient (Wildman–Crippen LogP) is 6.82. The predicted molar refractivity (Wildman–Crippen MR) is 165 cm³/mol. The van der Waals surface area contributed by atoms with Gasteiger partial charge in [0.05, 0.1) is 24.7 Å². The van der Waals surface area contributed by atoms with Crippen LogP contribution in [0.4, 0.5) is 0 Å². The Hall–Kier alpha value is 1.07. The highest BCUT2D eigenvalue weighted by Crippen LogP contribution is 2.61. The minimum Gasteiger partial charge on any atom is -0.468 e. The topological polar surface area (TPSA) is 83.8 Å². The van der Waals surface area contributed by atoms with Crippen molar-refractivity contribution in [3.63, 3.8) is 0 Å². The van der Waals surface area contributed by atoms with Crippen molar-refractivity contribution in [2.75, 3.05) is 0 Å². The van der Waals surface area contributed by atoms with Crippen molar-refractivity contribution in [2.45, 2.75) is 66.4 Å². The first-order chi connectivity index (χ1) is 15.7. The summed E-state index contributed by atoms with van der Waals surface area (Å²) >= 11 is 9.28. The van der Waals surface area contributed by atoms with Gasteiger partial charge < -0.3 is 19.0 Å². The molecule has 10 atom stereocenters. The first kappa shape index (κ1) is 28.1. The molecule has 0 spiro atoms. The van der Waals surface area contributed by atoms with Gasteiger partial charge in [-0.1, -0.05) is 104 Å². The normalized spacial score (nSPS) is 47.5. The van der Waals surface area contributed by atoms with E-state index in [1.807, 2.05) is 38.1 Å². The number of ketones is 1. The Kier molecular flexibility index (Phi) is 7.99. The number of rotatable bonds is 4. The molecule has 2 aromatic heterocycles. The van der Waals surface area contributed by atoms with Gasteiger partial charge in [0.15, 0.2) is 0 Å². The van der Waals surface area contributed by atoms with Crippen molar-refractivity contribution in [1.29, 1.82) is 0 Å². The van der Waals surface area contributed by atoms with Crippen LogP contribution >= 0.6 is 90.4 Å². The number of Topliss-reactive ketones (excluding diaryl/α,β-unsaturated/α-hetero) is 1. The highest BCUT2D eigenvalue weighted by atomic mass is 127. The molecule has 0 radical (unpaired) electrons. The molecular formula is C25H30I4O5. The smallest absolute Gasteiger partial charge is 0.139 e. The van der Waals surface area contributed by atoms with E-state index in [2.05, 4.69) is 104 Å². The van der Waals surface area contributed by atoms with Gasteiger partial charge >= 0.3 is 0 Å². The van der Waals surface area contributed by atoms with Crippen LogP contribution in [0.1, 0.15) is 52.1 Å². The maximum atomic E-state index is 14.4. The second-order valence-corrected chi connectivity index (χ2v) is 19.0. The Bertz CT molecular complexity index is 940. The average molecular weight is 918 g/mol. The number of halogens is 4. The Morgan fingerprint density at radius 1 is 0.824 bits per heavy atom. The van der Waals surface area contributed by atoms with Gasteiger partial charge in [0.25, 0.3) is 0 Å². The fourth-order valence-electron chi connectivity index (χ4n) is 6.08. The lowest BCUT2D eigenvalue weighted by Gasteiger charge is -2.55. The molecule has 5 nitrogen and oxygen atoms in total. The number of aliphatic hydroxyl groups is 2. The minimum absolute atomic E-state index is 0.128. The summed E-state index contributed by atoms with van der Waals surface area (Å²) in [6, 6.07) is 7.48. The van der Waals surface area contributed by atoms with E-state index in [4.69, 9.17) is 8.83 Å². The molecule has 0 bridgehead atoms. The standard InChI is InChI=1S/C25H30I4O5/c1-13-15(11-22(3,26)20(31)24(13,28)17-7-5-9-33-17)19(30)16-12-23(4,27)21(32)25(29,14(16)2)18-8-6-10-34-18/h5-10,13-16,20-21,31-32H,11-12H2,1-4H3. The zero-order valence-corrected chi connectivity index (χ0v) is 28.1. The summed E-state index contributed by atoms with van der Waals surface area (Å²) in [4.78, 5) is 14.4. The van der Waals surface area contributed by atoms with Crippen LogP contribution < -0.4 is 0 Å². The minimum atomic E-state index is -0.719. The summed E-state index contributed by atoms with van der Waals surface area (Å²) in [5.41, 5.74) is 0. The monoisotopic (exact) mass is 918 g/mol. The lowest BCUT2D eigenvalue weighted by molar-refractivity contribution is -0.137. The second kappa shape index (κ2) is 9.67. The highest BCUT2D eigenvalue weighted by molar-refractivity contribution is 14.1. The number of carbonyl (C=O) groups excluding carboxylic acids is 1. The lowest BCUT2D eigenvalue weighted by Crippen LogP contribution is -2.62. The van der Waals surface area contributed by atoms with E-state index in [9.17, 15) is 15.0 Å². The molecule has 2 saturated carbocycles. The fourth-order valence-corrected chi connectivity index (χ4v) is 12.1. The molecule has 2 fully saturated rings. The van der Waals surface area contributed by atoms with Gasteiger partial charge in [-0.15, -0.1) is 0 Å². The molecule has 34 heavy (non-hydrogen) atoms. The third-order valence-corrected chi connectivity index (χ3v) is 14.5. The van der Waals surface area contributed by atoms with Gasteiger partial charge in [-0.3, -0.25) is 4.79 Å². The number of aliphatic hydroxyl groups excluding tert-OH is 2. The summed E-state index contributed by atoms with van der Waals surface area (Å²) in [5.74, 6) is 0.868. The van der Waals surface area contributed by atoms with Crippen molar-refractivity contribution in [3.05, 3.63) is 48.3 Å². The quantitative estimate of drug-likeness (QED) is 0.260. The van der Waals surface area contributed by atoms with Gasteiger partial charge in [-0.25, -0.2) is 0 Å². The van der Waals surface area contributed by atoms with E-state index in [0.29, 0.717) is 24.4 Å². The molecule has 2 aromatic rings. The Morgan fingerprint density at radius 2 is 1.18 bits per heavy atom. The highest BCUT2D eigenvalue weighted by Gasteiger charge is 2.64. The van der Waals surface area contributed by atoms with Crippen LogP contribution in [-0.2, 0) is 11.6 Å². The fraction of sp³-hybridized carbons (Fsp3) is 0.640. The van der Waals surface area contributed by atoms with E-state index >= 15 is 0 Å². The number of furan rings is 2. The van der Waals surface area contributed by atoms with Crippen molar-refractivity contribution < 1.29 is 23.8 Å². The van der Waals surface area contributed by atoms with Crippen LogP contribution in [0.5, 0.6) is 0 Å².